The molecule has 2 heterocycles. The van der Waals surface area contributed by atoms with E-state index in [2.05, 4.69) is 20.9 Å². The lowest BCUT2D eigenvalue weighted by molar-refractivity contribution is 0.0942. The van der Waals surface area contributed by atoms with E-state index in [4.69, 9.17) is 11.6 Å². The average Bonchev–Trinajstić information content (AvgIpc) is 3.19. The highest BCUT2D eigenvalue weighted by molar-refractivity contribution is 6.34. The van der Waals surface area contributed by atoms with Gasteiger partial charge in [-0.05, 0) is 36.6 Å². The van der Waals surface area contributed by atoms with Gasteiger partial charge in [-0.1, -0.05) is 29.8 Å². The molecule has 0 saturated heterocycles. The first kappa shape index (κ1) is 19.8. The van der Waals surface area contributed by atoms with Crippen LogP contribution in [0.4, 0.5) is 20.3 Å². The van der Waals surface area contributed by atoms with E-state index in [1.54, 1.807) is 5.01 Å². The van der Waals surface area contributed by atoms with Crippen molar-refractivity contribution < 1.29 is 18.4 Å². The lowest BCUT2D eigenvalue weighted by Crippen LogP contribution is -2.45. The molecule has 3 aromatic rings. The number of hydrogen-bond donors (Lipinski definition) is 3. The molecule has 154 valence electrons. The van der Waals surface area contributed by atoms with Crippen LogP contribution in [0, 0.1) is 11.6 Å². The number of fused-ring (bicyclic) bond motifs is 1. The Labute approximate surface area is 175 Å². The molecule has 0 unspecified atom stereocenters. The minimum atomic E-state index is -1.20. The van der Waals surface area contributed by atoms with Gasteiger partial charge in [-0.3, -0.25) is 25.1 Å². The number of rotatable bonds is 4. The van der Waals surface area contributed by atoms with E-state index in [0.717, 1.165) is 24.1 Å². The van der Waals surface area contributed by atoms with Crippen LogP contribution in [0.5, 0.6) is 0 Å². The summed E-state index contributed by atoms with van der Waals surface area (Å²) in [5, 5.41) is 10.3. The Morgan fingerprint density at radius 1 is 1.10 bits per heavy atom. The molecular formula is C20H16ClF2N5O2. The number of hydrazine groups is 1. The summed E-state index contributed by atoms with van der Waals surface area (Å²) in [6.45, 7) is 0.662. The van der Waals surface area contributed by atoms with Crippen molar-refractivity contribution in [1.82, 2.24) is 15.6 Å². The number of hydrogen-bond acceptors (Lipinski definition) is 4. The number of nitrogens with one attached hydrogen (secondary N) is 3. The fourth-order valence-electron chi connectivity index (χ4n) is 3.21. The van der Waals surface area contributed by atoms with E-state index in [1.807, 2.05) is 24.3 Å². The monoisotopic (exact) mass is 431 g/mol. The summed E-state index contributed by atoms with van der Waals surface area (Å²) in [6, 6.07) is 10.5. The largest absolute Gasteiger partial charge is 0.305 e. The molecule has 0 aliphatic carbocycles. The van der Waals surface area contributed by atoms with Crippen LogP contribution < -0.4 is 15.8 Å². The number of carbonyl (C=O) groups excluding carboxylic acids is 2. The molecule has 1 aliphatic rings. The van der Waals surface area contributed by atoms with Crippen LogP contribution in [-0.2, 0) is 6.42 Å². The zero-order valence-electron chi connectivity index (χ0n) is 15.5. The quantitative estimate of drug-likeness (QED) is 0.549. The van der Waals surface area contributed by atoms with Gasteiger partial charge >= 0.3 is 0 Å². The number of aromatic amines is 1. The molecule has 0 radical (unpaired) electrons. The first-order valence-electron chi connectivity index (χ1n) is 9.10. The van der Waals surface area contributed by atoms with Gasteiger partial charge in [-0.15, -0.1) is 0 Å². The number of carbonyl (C=O) groups is 2. The van der Waals surface area contributed by atoms with Gasteiger partial charge in [0.2, 0.25) is 0 Å². The molecule has 1 aromatic heterocycles. The zero-order valence-corrected chi connectivity index (χ0v) is 16.3. The highest BCUT2D eigenvalue weighted by atomic mass is 35.5. The Morgan fingerprint density at radius 2 is 1.87 bits per heavy atom. The molecule has 7 nitrogen and oxygen atoms in total. The van der Waals surface area contributed by atoms with Crippen LogP contribution in [0.25, 0.3) is 0 Å². The van der Waals surface area contributed by atoms with Gasteiger partial charge in [0.15, 0.2) is 17.5 Å². The summed E-state index contributed by atoms with van der Waals surface area (Å²) in [5.41, 5.74) is 4.74. The van der Waals surface area contributed by atoms with Gasteiger partial charge in [-0.2, -0.15) is 5.10 Å². The molecule has 2 amide bonds. The predicted molar refractivity (Wildman–Crippen MR) is 107 cm³/mol. The van der Waals surface area contributed by atoms with Crippen LogP contribution >= 0.6 is 11.6 Å². The van der Waals surface area contributed by atoms with Crippen molar-refractivity contribution in [2.75, 3.05) is 16.9 Å². The van der Waals surface area contributed by atoms with Gasteiger partial charge in [0.05, 0.1) is 16.3 Å². The fourth-order valence-corrected chi connectivity index (χ4v) is 3.45. The van der Waals surface area contributed by atoms with Gasteiger partial charge < -0.3 is 5.32 Å². The van der Waals surface area contributed by atoms with Crippen LogP contribution in [0.3, 0.4) is 0 Å². The normalized spacial score (nSPS) is 13.0. The molecule has 0 atom stereocenters. The SMILES string of the molecule is O=C(NN1CCCc2ccccc21)c1cc(NC(=O)c2cc(F)c(F)cc2Cl)n[nH]1. The summed E-state index contributed by atoms with van der Waals surface area (Å²) >= 11 is 5.80. The van der Waals surface area contributed by atoms with Crippen LogP contribution in [0.1, 0.15) is 32.8 Å². The molecule has 4 rings (SSSR count). The van der Waals surface area contributed by atoms with E-state index in [1.165, 1.54) is 6.07 Å². The van der Waals surface area contributed by atoms with Crippen molar-refractivity contribution in [2.45, 2.75) is 12.8 Å². The average molecular weight is 432 g/mol. The number of halogens is 3. The zero-order chi connectivity index (χ0) is 21.3. The first-order valence-corrected chi connectivity index (χ1v) is 9.48. The maximum Gasteiger partial charge on any atom is 0.287 e. The summed E-state index contributed by atoms with van der Waals surface area (Å²) < 4.78 is 26.6. The summed E-state index contributed by atoms with van der Waals surface area (Å²) in [4.78, 5) is 24.9. The Balaban J connectivity index is 1.45. The van der Waals surface area contributed by atoms with Crippen molar-refractivity contribution >= 4 is 34.9 Å². The summed E-state index contributed by atoms with van der Waals surface area (Å²) in [6.07, 6.45) is 1.84. The van der Waals surface area contributed by atoms with Crippen molar-refractivity contribution in [3.05, 3.63) is 75.9 Å². The molecule has 0 spiro atoms. The Kier molecular flexibility index (Phi) is 5.37. The van der Waals surface area contributed by atoms with Crippen LogP contribution in [-0.4, -0.2) is 28.6 Å². The summed E-state index contributed by atoms with van der Waals surface area (Å²) in [5.74, 6) is -3.55. The van der Waals surface area contributed by atoms with Gasteiger partial charge in [0.25, 0.3) is 11.8 Å². The highest BCUT2D eigenvalue weighted by Gasteiger charge is 2.21. The maximum atomic E-state index is 13.4. The number of H-pyrrole nitrogens is 1. The minimum Gasteiger partial charge on any atom is -0.305 e. The highest BCUT2D eigenvalue weighted by Crippen LogP contribution is 2.25. The number of para-hydroxylation sites is 1. The van der Waals surface area contributed by atoms with Crippen molar-refractivity contribution in [3.63, 3.8) is 0 Å². The molecule has 1 aliphatic heterocycles. The molecule has 3 N–H and O–H groups in total. The number of aryl methyl sites for hydroxylation is 1. The smallest absolute Gasteiger partial charge is 0.287 e. The van der Waals surface area contributed by atoms with Gasteiger partial charge in [0.1, 0.15) is 5.69 Å². The molecule has 0 saturated carbocycles. The third kappa shape index (κ3) is 3.97. The molecule has 2 aromatic carbocycles. The van der Waals surface area contributed by atoms with Crippen molar-refractivity contribution in [3.8, 4) is 0 Å². The van der Waals surface area contributed by atoms with Crippen molar-refractivity contribution in [2.24, 2.45) is 0 Å². The Bertz CT molecular complexity index is 1130. The summed E-state index contributed by atoms with van der Waals surface area (Å²) in [7, 11) is 0. The molecule has 0 fully saturated rings. The lowest BCUT2D eigenvalue weighted by atomic mass is 10.0. The second-order valence-corrected chi connectivity index (χ2v) is 7.10. The third-order valence-electron chi connectivity index (χ3n) is 4.67. The fraction of sp³-hybridized carbons (Fsp3) is 0.150. The number of amides is 2. The van der Waals surface area contributed by atoms with E-state index in [0.29, 0.717) is 18.7 Å². The third-order valence-corrected chi connectivity index (χ3v) is 4.98. The number of anilines is 2. The molecule has 30 heavy (non-hydrogen) atoms. The topological polar surface area (TPSA) is 90.1 Å². The Morgan fingerprint density at radius 3 is 2.70 bits per heavy atom. The van der Waals surface area contributed by atoms with E-state index < -0.39 is 23.4 Å². The molecule has 0 bridgehead atoms. The number of nitrogens with zero attached hydrogens (tertiary/aromatic N) is 2. The van der Waals surface area contributed by atoms with E-state index >= 15 is 0 Å². The second-order valence-electron chi connectivity index (χ2n) is 6.69. The first-order chi connectivity index (χ1) is 14.4. The van der Waals surface area contributed by atoms with E-state index in [-0.39, 0.29) is 22.1 Å². The Hall–Kier alpha value is -3.46. The van der Waals surface area contributed by atoms with Crippen LogP contribution in [0.15, 0.2) is 42.5 Å². The van der Waals surface area contributed by atoms with Crippen molar-refractivity contribution in [1.29, 1.82) is 0 Å². The van der Waals surface area contributed by atoms with Gasteiger partial charge in [-0.25, -0.2) is 8.78 Å². The van der Waals surface area contributed by atoms with Crippen LogP contribution in [0.2, 0.25) is 5.02 Å². The minimum absolute atomic E-state index is 0.0324. The second kappa shape index (κ2) is 8.11. The lowest BCUT2D eigenvalue weighted by Gasteiger charge is -2.31. The standard InChI is InChI=1S/C20H16ClF2N5O2/c21-13-9-15(23)14(22)8-12(13)19(29)24-18-10-16(25-26-18)20(30)27-28-7-3-5-11-4-1-2-6-17(11)28/h1-2,4,6,8-10H,3,5,7H2,(H,27,30)(H2,24,25,26,29). The maximum absolute atomic E-state index is 13.4. The number of benzene rings is 2. The van der Waals surface area contributed by atoms with Gasteiger partial charge in [0, 0.05) is 12.6 Å². The molecular weight excluding hydrogens is 416 g/mol. The predicted octanol–water partition coefficient (Wildman–Crippen LogP) is 3.69. The van der Waals surface area contributed by atoms with E-state index in [9.17, 15) is 18.4 Å². The number of aromatic nitrogens is 2. The molecule has 10 heteroatoms.